The fourth-order valence-electron chi connectivity index (χ4n) is 3.35. The summed E-state index contributed by atoms with van der Waals surface area (Å²) in [6.07, 6.45) is 5.60. The van der Waals surface area contributed by atoms with Gasteiger partial charge in [-0.3, -0.25) is 19.9 Å². The monoisotopic (exact) mass is 389 g/mol. The normalized spacial score (nSPS) is 12.3. The molecule has 3 heterocycles. The number of aromatic nitrogens is 3. The summed E-state index contributed by atoms with van der Waals surface area (Å²) in [5.41, 5.74) is 7.01. The van der Waals surface area contributed by atoms with E-state index in [9.17, 15) is 0 Å². The molecule has 0 aliphatic carbocycles. The summed E-state index contributed by atoms with van der Waals surface area (Å²) in [6, 6.07) is 12.6. The SMILES string of the molecule is Cc1cccnc1CNCC(C)N(Cc1ncccc1C)Cc1ncccc1C. The van der Waals surface area contributed by atoms with Gasteiger partial charge in [0.2, 0.25) is 0 Å². The predicted octanol–water partition coefficient (Wildman–Crippen LogP) is 3.98. The molecule has 3 aromatic rings. The highest BCUT2D eigenvalue weighted by atomic mass is 15.2. The summed E-state index contributed by atoms with van der Waals surface area (Å²) in [7, 11) is 0. The molecule has 3 rings (SSSR count). The summed E-state index contributed by atoms with van der Waals surface area (Å²) >= 11 is 0. The number of pyridine rings is 3. The van der Waals surface area contributed by atoms with Crippen LogP contribution in [0.5, 0.6) is 0 Å². The Kier molecular flexibility index (Phi) is 7.44. The number of rotatable bonds is 9. The van der Waals surface area contributed by atoms with E-state index in [0.29, 0.717) is 6.04 Å². The zero-order chi connectivity index (χ0) is 20.6. The molecule has 29 heavy (non-hydrogen) atoms. The van der Waals surface area contributed by atoms with Crippen LogP contribution in [0.25, 0.3) is 0 Å². The van der Waals surface area contributed by atoms with E-state index < -0.39 is 0 Å². The molecule has 3 aromatic heterocycles. The second-order valence-electron chi connectivity index (χ2n) is 7.69. The van der Waals surface area contributed by atoms with Crippen molar-refractivity contribution in [3.05, 3.63) is 88.8 Å². The molecule has 1 atom stereocenters. The first-order valence-corrected chi connectivity index (χ1v) is 10.2. The van der Waals surface area contributed by atoms with Crippen LogP contribution in [0.4, 0.5) is 0 Å². The maximum absolute atomic E-state index is 4.61. The molecule has 0 fully saturated rings. The van der Waals surface area contributed by atoms with E-state index in [1.807, 2.05) is 36.8 Å². The summed E-state index contributed by atoms with van der Waals surface area (Å²) in [4.78, 5) is 16.2. The Balaban J connectivity index is 1.70. The number of hydrogen-bond donors (Lipinski definition) is 1. The highest BCUT2D eigenvalue weighted by molar-refractivity contribution is 5.20. The lowest BCUT2D eigenvalue weighted by Crippen LogP contribution is -2.40. The molecule has 5 nitrogen and oxygen atoms in total. The van der Waals surface area contributed by atoms with Crippen LogP contribution < -0.4 is 5.32 Å². The van der Waals surface area contributed by atoms with E-state index in [4.69, 9.17) is 0 Å². The molecule has 0 saturated carbocycles. The Labute approximate surface area is 174 Å². The molecule has 0 radical (unpaired) electrons. The number of aryl methyl sites for hydroxylation is 3. The molecule has 0 spiro atoms. The second-order valence-corrected chi connectivity index (χ2v) is 7.69. The molecule has 0 saturated heterocycles. The van der Waals surface area contributed by atoms with Crippen LogP contribution in [-0.2, 0) is 19.6 Å². The van der Waals surface area contributed by atoms with Crippen molar-refractivity contribution >= 4 is 0 Å². The number of nitrogens with one attached hydrogen (secondary N) is 1. The van der Waals surface area contributed by atoms with E-state index in [1.165, 1.54) is 16.7 Å². The van der Waals surface area contributed by atoms with Gasteiger partial charge in [-0.15, -0.1) is 0 Å². The van der Waals surface area contributed by atoms with Gasteiger partial charge >= 0.3 is 0 Å². The van der Waals surface area contributed by atoms with Crippen LogP contribution in [0.2, 0.25) is 0 Å². The minimum atomic E-state index is 0.321. The van der Waals surface area contributed by atoms with Gasteiger partial charge < -0.3 is 5.32 Å². The molecule has 0 amide bonds. The first kappa shape index (κ1) is 21.1. The zero-order valence-electron chi connectivity index (χ0n) is 17.9. The standard InChI is InChI=1S/C24H31N5/c1-18-8-5-11-26-22(18)15-25-14-21(4)29(16-23-19(2)9-6-12-27-23)17-24-20(3)10-7-13-28-24/h5-13,21,25H,14-17H2,1-4H3. The van der Waals surface area contributed by atoms with Crippen LogP contribution in [0.15, 0.2) is 55.0 Å². The molecule has 0 aromatic carbocycles. The van der Waals surface area contributed by atoms with Crippen molar-refractivity contribution in [3.8, 4) is 0 Å². The highest BCUT2D eigenvalue weighted by Crippen LogP contribution is 2.15. The summed E-state index contributed by atoms with van der Waals surface area (Å²) in [5, 5.41) is 3.58. The predicted molar refractivity (Wildman–Crippen MR) is 117 cm³/mol. The summed E-state index contributed by atoms with van der Waals surface area (Å²) < 4.78 is 0. The Hall–Kier alpha value is -2.63. The van der Waals surface area contributed by atoms with Crippen molar-refractivity contribution < 1.29 is 0 Å². The van der Waals surface area contributed by atoms with Gasteiger partial charge in [-0.1, -0.05) is 18.2 Å². The minimum absolute atomic E-state index is 0.321. The van der Waals surface area contributed by atoms with Crippen molar-refractivity contribution in [2.45, 2.75) is 53.4 Å². The average Bonchev–Trinajstić information content (AvgIpc) is 2.72. The van der Waals surface area contributed by atoms with Gasteiger partial charge in [0, 0.05) is 50.8 Å². The van der Waals surface area contributed by atoms with E-state index in [0.717, 1.165) is 43.3 Å². The van der Waals surface area contributed by atoms with Crippen LogP contribution >= 0.6 is 0 Å². The van der Waals surface area contributed by atoms with Crippen molar-refractivity contribution in [2.24, 2.45) is 0 Å². The molecule has 152 valence electrons. The molecule has 0 aliphatic heterocycles. The smallest absolute Gasteiger partial charge is 0.0573 e. The molecular formula is C24H31N5. The van der Waals surface area contributed by atoms with Gasteiger partial charge in [0.1, 0.15) is 0 Å². The maximum Gasteiger partial charge on any atom is 0.0573 e. The van der Waals surface area contributed by atoms with Crippen LogP contribution in [0.3, 0.4) is 0 Å². The Morgan fingerprint density at radius 1 is 0.759 bits per heavy atom. The topological polar surface area (TPSA) is 53.9 Å². The largest absolute Gasteiger partial charge is 0.310 e. The van der Waals surface area contributed by atoms with Crippen LogP contribution in [0, 0.1) is 20.8 Å². The van der Waals surface area contributed by atoms with E-state index in [-0.39, 0.29) is 0 Å². The van der Waals surface area contributed by atoms with Crippen LogP contribution in [0.1, 0.15) is 40.7 Å². The van der Waals surface area contributed by atoms with Gasteiger partial charge in [0.15, 0.2) is 0 Å². The number of nitrogens with zero attached hydrogens (tertiary/aromatic N) is 4. The first-order chi connectivity index (χ1) is 14.0. The quantitative estimate of drug-likeness (QED) is 0.600. The zero-order valence-corrected chi connectivity index (χ0v) is 17.9. The minimum Gasteiger partial charge on any atom is -0.310 e. The second kappa shape index (κ2) is 10.2. The van der Waals surface area contributed by atoms with Gasteiger partial charge in [-0.2, -0.15) is 0 Å². The van der Waals surface area contributed by atoms with Gasteiger partial charge in [0.25, 0.3) is 0 Å². The maximum atomic E-state index is 4.61. The lowest BCUT2D eigenvalue weighted by Gasteiger charge is -2.30. The third-order valence-electron chi connectivity index (χ3n) is 5.41. The van der Waals surface area contributed by atoms with Gasteiger partial charge in [-0.25, -0.2) is 0 Å². The summed E-state index contributed by atoms with van der Waals surface area (Å²) in [5.74, 6) is 0. The molecule has 5 heteroatoms. The van der Waals surface area contributed by atoms with Crippen LogP contribution in [-0.4, -0.2) is 32.4 Å². The van der Waals surface area contributed by atoms with Gasteiger partial charge in [0.05, 0.1) is 17.1 Å². The van der Waals surface area contributed by atoms with Crippen molar-refractivity contribution in [1.29, 1.82) is 0 Å². The van der Waals surface area contributed by atoms with Gasteiger partial charge in [-0.05, 0) is 62.6 Å². The average molecular weight is 390 g/mol. The molecule has 0 aliphatic rings. The van der Waals surface area contributed by atoms with E-state index in [2.05, 4.69) is 71.1 Å². The molecular weight excluding hydrogens is 358 g/mol. The van der Waals surface area contributed by atoms with Crippen molar-refractivity contribution in [2.75, 3.05) is 6.54 Å². The lowest BCUT2D eigenvalue weighted by molar-refractivity contribution is 0.181. The Morgan fingerprint density at radius 3 is 1.66 bits per heavy atom. The third-order valence-corrected chi connectivity index (χ3v) is 5.41. The Bertz CT molecular complexity index is 877. The van der Waals surface area contributed by atoms with E-state index in [1.54, 1.807) is 0 Å². The third kappa shape index (κ3) is 5.92. The first-order valence-electron chi connectivity index (χ1n) is 10.2. The lowest BCUT2D eigenvalue weighted by atomic mass is 10.1. The van der Waals surface area contributed by atoms with Crippen molar-refractivity contribution in [1.82, 2.24) is 25.2 Å². The van der Waals surface area contributed by atoms with Crippen molar-refractivity contribution in [3.63, 3.8) is 0 Å². The fraction of sp³-hybridized carbons (Fsp3) is 0.375. The molecule has 1 unspecified atom stereocenters. The highest BCUT2D eigenvalue weighted by Gasteiger charge is 2.18. The molecule has 0 bridgehead atoms. The summed E-state index contributed by atoms with van der Waals surface area (Å²) in [6.45, 7) is 11.9. The Morgan fingerprint density at radius 2 is 1.21 bits per heavy atom. The van der Waals surface area contributed by atoms with E-state index >= 15 is 0 Å². The fourth-order valence-corrected chi connectivity index (χ4v) is 3.35. The number of hydrogen-bond acceptors (Lipinski definition) is 5. The molecule has 1 N–H and O–H groups in total.